The van der Waals surface area contributed by atoms with Crippen LogP contribution >= 0.6 is 0 Å². The predicted octanol–water partition coefficient (Wildman–Crippen LogP) is 4.42. The van der Waals surface area contributed by atoms with Gasteiger partial charge in [-0.25, -0.2) is 0 Å². The molecular weight excluding hydrogens is 405 g/mol. The fourth-order valence-corrected chi connectivity index (χ4v) is 4.20. The largest absolute Gasteiger partial charge is 0.417 e. The molecule has 2 atom stereocenters. The molecule has 0 amide bonds. The number of fused-ring (bicyclic) bond motifs is 1. The summed E-state index contributed by atoms with van der Waals surface area (Å²) in [6, 6.07) is 12.2. The van der Waals surface area contributed by atoms with Gasteiger partial charge < -0.3 is 5.32 Å². The minimum absolute atomic E-state index is 0.0575. The summed E-state index contributed by atoms with van der Waals surface area (Å²) in [6.45, 7) is 1.57. The van der Waals surface area contributed by atoms with Crippen molar-refractivity contribution in [1.29, 1.82) is 0 Å². The lowest BCUT2D eigenvalue weighted by atomic mass is 9.86. The molecule has 3 heterocycles. The standard InChI is InChI=1S/C23H25F3N4O/c24-23(25,26)19-10-11-21-28-29-22(30(21)15-19)17(9-8-16-5-2-1-3-6-16)13-20(31)18-7-4-12-27-14-18/h1-3,5-6,10-11,15,17-18,27H,4,7-9,12-14H2/t17-,18?/m0/s1. The van der Waals surface area contributed by atoms with E-state index in [1.54, 1.807) is 0 Å². The molecular formula is C23H25F3N4O. The molecule has 1 unspecified atom stereocenters. The van der Waals surface area contributed by atoms with Gasteiger partial charge in [-0.2, -0.15) is 13.2 Å². The quantitative estimate of drug-likeness (QED) is 0.603. The zero-order valence-electron chi connectivity index (χ0n) is 17.1. The van der Waals surface area contributed by atoms with Crippen molar-refractivity contribution in [2.75, 3.05) is 13.1 Å². The first-order chi connectivity index (χ1) is 14.9. The van der Waals surface area contributed by atoms with E-state index < -0.39 is 11.7 Å². The molecule has 0 radical (unpaired) electrons. The molecule has 3 aromatic rings. The number of pyridine rings is 1. The highest BCUT2D eigenvalue weighted by molar-refractivity contribution is 5.82. The molecule has 0 aliphatic carbocycles. The van der Waals surface area contributed by atoms with Crippen LogP contribution in [0.1, 0.15) is 48.6 Å². The van der Waals surface area contributed by atoms with E-state index in [0.717, 1.165) is 37.2 Å². The second kappa shape index (κ2) is 9.18. The van der Waals surface area contributed by atoms with Crippen molar-refractivity contribution in [3.8, 4) is 0 Å². The number of halogens is 3. The van der Waals surface area contributed by atoms with E-state index in [2.05, 4.69) is 15.5 Å². The average Bonchev–Trinajstić information content (AvgIpc) is 3.20. The maximum atomic E-state index is 13.3. The van der Waals surface area contributed by atoms with Crippen molar-refractivity contribution in [3.05, 3.63) is 65.6 Å². The number of nitrogens with zero attached hydrogens (tertiary/aromatic N) is 3. The van der Waals surface area contributed by atoms with E-state index in [-0.39, 0.29) is 24.0 Å². The average molecular weight is 430 g/mol. The van der Waals surface area contributed by atoms with Crippen LogP contribution in [0.3, 0.4) is 0 Å². The number of nitrogens with one attached hydrogen (secondary N) is 1. The third-order valence-electron chi connectivity index (χ3n) is 5.95. The second-order valence-corrected chi connectivity index (χ2v) is 8.14. The Hall–Kier alpha value is -2.74. The van der Waals surface area contributed by atoms with Crippen molar-refractivity contribution in [2.24, 2.45) is 5.92 Å². The maximum absolute atomic E-state index is 13.3. The first-order valence-electron chi connectivity index (χ1n) is 10.6. The van der Waals surface area contributed by atoms with Gasteiger partial charge in [0.2, 0.25) is 0 Å². The Labute approximate surface area is 178 Å². The number of Topliss-reactive ketones (excluding diaryl/α,β-unsaturated/α-hetero) is 1. The van der Waals surface area contributed by atoms with Gasteiger partial charge in [0.05, 0.1) is 5.56 Å². The molecule has 0 saturated carbocycles. The number of hydrogen-bond donors (Lipinski definition) is 1. The predicted molar refractivity (Wildman–Crippen MR) is 111 cm³/mol. The van der Waals surface area contributed by atoms with Crippen molar-refractivity contribution in [1.82, 2.24) is 19.9 Å². The van der Waals surface area contributed by atoms with E-state index in [9.17, 15) is 18.0 Å². The summed E-state index contributed by atoms with van der Waals surface area (Å²) in [5.74, 6) is 0.175. The van der Waals surface area contributed by atoms with Gasteiger partial charge in [0, 0.05) is 31.0 Å². The number of ketones is 1. The molecule has 0 spiro atoms. The zero-order valence-corrected chi connectivity index (χ0v) is 17.1. The highest BCUT2D eigenvalue weighted by Gasteiger charge is 2.32. The summed E-state index contributed by atoms with van der Waals surface area (Å²) in [7, 11) is 0. The smallest absolute Gasteiger partial charge is 0.316 e. The Balaban J connectivity index is 1.63. The minimum atomic E-state index is -4.46. The Morgan fingerprint density at radius 1 is 1.16 bits per heavy atom. The lowest BCUT2D eigenvalue weighted by Gasteiger charge is -2.23. The number of aromatic nitrogens is 3. The molecule has 31 heavy (non-hydrogen) atoms. The van der Waals surface area contributed by atoms with Gasteiger partial charge in [-0.15, -0.1) is 10.2 Å². The molecule has 0 bridgehead atoms. The van der Waals surface area contributed by atoms with Crippen LogP contribution < -0.4 is 5.32 Å². The number of piperidine rings is 1. The van der Waals surface area contributed by atoms with Gasteiger partial charge in [0.15, 0.2) is 5.65 Å². The molecule has 1 aliphatic rings. The fourth-order valence-electron chi connectivity index (χ4n) is 4.20. The summed E-state index contributed by atoms with van der Waals surface area (Å²) >= 11 is 0. The highest BCUT2D eigenvalue weighted by atomic mass is 19.4. The van der Waals surface area contributed by atoms with Crippen molar-refractivity contribution >= 4 is 11.4 Å². The van der Waals surface area contributed by atoms with E-state index in [4.69, 9.17) is 0 Å². The molecule has 1 aromatic carbocycles. The summed E-state index contributed by atoms with van der Waals surface area (Å²) in [5.41, 5.74) is 0.703. The van der Waals surface area contributed by atoms with Crippen LogP contribution in [0.2, 0.25) is 0 Å². The Morgan fingerprint density at radius 2 is 1.97 bits per heavy atom. The molecule has 1 saturated heterocycles. The minimum Gasteiger partial charge on any atom is -0.316 e. The SMILES string of the molecule is O=C(C[C@H](CCc1ccccc1)c1nnc2ccc(C(F)(F)F)cn12)C1CCCNC1. The topological polar surface area (TPSA) is 59.3 Å². The third-order valence-corrected chi connectivity index (χ3v) is 5.95. The molecule has 2 aromatic heterocycles. The van der Waals surface area contributed by atoms with Crippen LogP contribution in [-0.2, 0) is 17.4 Å². The third kappa shape index (κ3) is 5.12. The summed E-state index contributed by atoms with van der Waals surface area (Å²) in [5, 5.41) is 11.5. The highest BCUT2D eigenvalue weighted by Crippen LogP contribution is 2.32. The summed E-state index contributed by atoms with van der Waals surface area (Å²) < 4.78 is 41.2. The Bertz CT molecular complexity index is 1030. The van der Waals surface area contributed by atoms with Crippen molar-refractivity contribution in [3.63, 3.8) is 0 Å². The molecule has 1 aliphatic heterocycles. The van der Waals surface area contributed by atoms with E-state index in [0.29, 0.717) is 30.9 Å². The van der Waals surface area contributed by atoms with E-state index in [1.165, 1.54) is 10.5 Å². The van der Waals surface area contributed by atoms with Crippen LogP contribution in [0.15, 0.2) is 48.7 Å². The van der Waals surface area contributed by atoms with Crippen molar-refractivity contribution < 1.29 is 18.0 Å². The van der Waals surface area contributed by atoms with Crippen LogP contribution in [-0.4, -0.2) is 33.5 Å². The molecule has 8 heteroatoms. The van der Waals surface area contributed by atoms with Gasteiger partial charge in [-0.1, -0.05) is 30.3 Å². The molecule has 4 rings (SSSR count). The number of hydrogen-bond acceptors (Lipinski definition) is 4. The van der Waals surface area contributed by atoms with Crippen LogP contribution in [0.5, 0.6) is 0 Å². The van der Waals surface area contributed by atoms with Gasteiger partial charge in [-0.05, 0) is 49.9 Å². The van der Waals surface area contributed by atoms with Gasteiger partial charge in [0.25, 0.3) is 0 Å². The van der Waals surface area contributed by atoms with Crippen molar-refractivity contribution in [2.45, 2.75) is 44.2 Å². The van der Waals surface area contributed by atoms with Gasteiger partial charge in [0.1, 0.15) is 11.6 Å². The lowest BCUT2D eigenvalue weighted by Crippen LogP contribution is -2.35. The number of carbonyl (C=O) groups excluding carboxylic acids is 1. The normalized spacial score (nSPS) is 18.2. The number of carbonyl (C=O) groups is 1. The number of rotatable bonds is 7. The Morgan fingerprint density at radius 3 is 2.68 bits per heavy atom. The first kappa shape index (κ1) is 21.5. The number of benzene rings is 1. The maximum Gasteiger partial charge on any atom is 0.417 e. The Kier molecular flexibility index (Phi) is 6.36. The van der Waals surface area contributed by atoms with Gasteiger partial charge in [-0.3, -0.25) is 9.20 Å². The van der Waals surface area contributed by atoms with Gasteiger partial charge >= 0.3 is 6.18 Å². The van der Waals surface area contributed by atoms with Crippen LogP contribution in [0.25, 0.3) is 5.65 Å². The molecule has 5 nitrogen and oxygen atoms in total. The fraction of sp³-hybridized carbons (Fsp3) is 0.435. The van der Waals surface area contributed by atoms with E-state index in [1.807, 2.05) is 30.3 Å². The monoisotopic (exact) mass is 430 g/mol. The second-order valence-electron chi connectivity index (χ2n) is 8.14. The summed E-state index contributed by atoms with van der Waals surface area (Å²) in [6.07, 6.45) is -0.0750. The van der Waals surface area contributed by atoms with Crippen LogP contribution in [0, 0.1) is 5.92 Å². The lowest BCUT2D eigenvalue weighted by molar-refractivity contribution is -0.137. The van der Waals surface area contributed by atoms with E-state index >= 15 is 0 Å². The molecule has 164 valence electrons. The number of aryl methyl sites for hydroxylation is 1. The summed E-state index contributed by atoms with van der Waals surface area (Å²) in [4.78, 5) is 13.0. The number of alkyl halides is 3. The molecule has 1 fully saturated rings. The first-order valence-corrected chi connectivity index (χ1v) is 10.6. The van der Waals surface area contributed by atoms with Crippen LogP contribution in [0.4, 0.5) is 13.2 Å². The zero-order chi connectivity index (χ0) is 21.8. The molecule has 1 N–H and O–H groups in total.